The average molecular weight is 317 g/mol. The molecule has 2 unspecified atom stereocenters. The second kappa shape index (κ2) is 6.21. The van der Waals surface area contributed by atoms with Crippen LogP contribution in [0.25, 0.3) is 0 Å². The lowest BCUT2D eigenvalue weighted by Crippen LogP contribution is -2.37. The van der Waals surface area contributed by atoms with Crippen LogP contribution in [0.3, 0.4) is 0 Å². The van der Waals surface area contributed by atoms with Gasteiger partial charge in [0.15, 0.2) is 11.6 Å². The fraction of sp³-hybridized carbons (Fsp3) is 0.429. The van der Waals surface area contributed by atoms with Crippen molar-refractivity contribution in [2.45, 2.75) is 24.6 Å². The van der Waals surface area contributed by atoms with Crippen LogP contribution in [0.5, 0.6) is 0 Å². The van der Waals surface area contributed by atoms with Crippen molar-refractivity contribution in [3.63, 3.8) is 0 Å². The number of ether oxygens (including phenoxy) is 1. The quantitative estimate of drug-likeness (QED) is 0.848. The van der Waals surface area contributed by atoms with E-state index in [2.05, 4.69) is 11.3 Å². The minimum Gasteiger partial charge on any atom is -0.380 e. The van der Waals surface area contributed by atoms with Crippen LogP contribution in [0.1, 0.15) is 24.9 Å². The van der Waals surface area contributed by atoms with Gasteiger partial charge in [-0.05, 0) is 31.0 Å². The first-order valence-electron chi connectivity index (χ1n) is 6.50. The molecule has 4 nitrogen and oxygen atoms in total. The number of hydrogen-bond acceptors (Lipinski definition) is 3. The van der Waals surface area contributed by atoms with Gasteiger partial charge >= 0.3 is 0 Å². The summed E-state index contributed by atoms with van der Waals surface area (Å²) < 4.78 is 58.5. The Morgan fingerprint density at radius 2 is 2.14 bits per heavy atom. The van der Waals surface area contributed by atoms with Gasteiger partial charge < -0.3 is 4.74 Å². The predicted molar refractivity (Wildman–Crippen MR) is 75.2 cm³/mol. The minimum absolute atomic E-state index is 0.135. The highest BCUT2D eigenvalue weighted by atomic mass is 32.2. The monoisotopic (exact) mass is 317 g/mol. The van der Waals surface area contributed by atoms with E-state index >= 15 is 0 Å². The molecule has 1 saturated heterocycles. The van der Waals surface area contributed by atoms with Crippen LogP contribution in [-0.2, 0) is 14.8 Å². The third-order valence-corrected chi connectivity index (χ3v) is 5.19. The first kappa shape index (κ1) is 16.1. The minimum atomic E-state index is -3.63. The molecule has 0 bridgehead atoms. The number of halogens is 2. The van der Waals surface area contributed by atoms with Gasteiger partial charge in [0, 0.05) is 6.61 Å². The molecule has 21 heavy (non-hydrogen) atoms. The SMILES string of the molecule is C=C(C)C(NS(=O)(=O)C1CCOC1)c1ccc(F)c(F)c1. The summed E-state index contributed by atoms with van der Waals surface area (Å²) >= 11 is 0. The molecular formula is C14H17F2NO3S. The highest BCUT2D eigenvalue weighted by Gasteiger charge is 2.32. The standard InChI is InChI=1S/C14H17F2NO3S/c1-9(2)14(10-3-4-12(15)13(16)7-10)17-21(18,19)11-5-6-20-8-11/h3-4,7,11,14,17H,1,5-6,8H2,2H3. The molecule has 2 atom stereocenters. The number of rotatable bonds is 5. The van der Waals surface area contributed by atoms with Crippen LogP contribution in [0.4, 0.5) is 8.78 Å². The third kappa shape index (κ3) is 3.66. The normalized spacial score (nSPS) is 20.4. The molecule has 0 aliphatic carbocycles. The molecule has 1 aliphatic rings. The topological polar surface area (TPSA) is 55.4 Å². The number of benzene rings is 1. The summed E-state index contributed by atoms with van der Waals surface area (Å²) in [7, 11) is -3.63. The molecule has 1 aromatic carbocycles. The zero-order valence-corrected chi connectivity index (χ0v) is 12.4. The lowest BCUT2D eigenvalue weighted by atomic mass is 10.0. The van der Waals surface area contributed by atoms with Crippen LogP contribution < -0.4 is 4.72 Å². The van der Waals surface area contributed by atoms with E-state index in [9.17, 15) is 17.2 Å². The van der Waals surface area contributed by atoms with Gasteiger partial charge in [-0.15, -0.1) is 0 Å². The molecule has 2 rings (SSSR count). The van der Waals surface area contributed by atoms with Crippen molar-refractivity contribution in [1.82, 2.24) is 4.72 Å². The summed E-state index contributed by atoms with van der Waals surface area (Å²) in [6, 6.07) is 2.48. The molecule has 0 amide bonds. The average Bonchev–Trinajstić information content (AvgIpc) is 2.94. The highest BCUT2D eigenvalue weighted by molar-refractivity contribution is 7.90. The highest BCUT2D eigenvalue weighted by Crippen LogP contribution is 2.25. The van der Waals surface area contributed by atoms with Gasteiger partial charge in [-0.2, -0.15) is 0 Å². The predicted octanol–water partition coefficient (Wildman–Crippen LogP) is 2.29. The Balaban J connectivity index is 2.27. The van der Waals surface area contributed by atoms with Crippen LogP contribution in [0.15, 0.2) is 30.4 Å². The Bertz CT molecular complexity index is 640. The van der Waals surface area contributed by atoms with E-state index in [0.717, 1.165) is 12.1 Å². The van der Waals surface area contributed by atoms with Gasteiger partial charge in [0.1, 0.15) is 5.25 Å². The Kier molecular flexibility index (Phi) is 4.75. The van der Waals surface area contributed by atoms with Crippen molar-refractivity contribution in [1.29, 1.82) is 0 Å². The van der Waals surface area contributed by atoms with Crippen molar-refractivity contribution in [3.8, 4) is 0 Å². The number of sulfonamides is 1. The van der Waals surface area contributed by atoms with E-state index in [-0.39, 0.29) is 6.61 Å². The molecule has 116 valence electrons. The van der Waals surface area contributed by atoms with Crippen LogP contribution >= 0.6 is 0 Å². The Morgan fingerprint density at radius 1 is 1.43 bits per heavy atom. The fourth-order valence-corrected chi connectivity index (χ4v) is 3.70. The molecule has 1 N–H and O–H groups in total. The summed E-state index contributed by atoms with van der Waals surface area (Å²) in [6.07, 6.45) is 0.413. The van der Waals surface area contributed by atoms with E-state index < -0.39 is 32.9 Å². The molecule has 1 aromatic rings. The van der Waals surface area contributed by atoms with E-state index in [0.29, 0.717) is 24.2 Å². The summed E-state index contributed by atoms with van der Waals surface area (Å²) in [4.78, 5) is 0. The first-order chi connectivity index (χ1) is 9.81. The second-order valence-corrected chi connectivity index (χ2v) is 7.09. The van der Waals surface area contributed by atoms with Crippen molar-refractivity contribution in [3.05, 3.63) is 47.5 Å². The lowest BCUT2D eigenvalue weighted by Gasteiger charge is -2.21. The van der Waals surface area contributed by atoms with Crippen molar-refractivity contribution >= 4 is 10.0 Å². The molecule has 1 fully saturated rings. The fourth-order valence-electron chi connectivity index (χ4n) is 2.16. The molecule has 0 aromatic heterocycles. The van der Waals surface area contributed by atoms with Gasteiger partial charge in [0.05, 0.1) is 12.6 Å². The maximum Gasteiger partial charge on any atom is 0.217 e. The molecule has 1 aliphatic heterocycles. The Morgan fingerprint density at radius 3 is 2.67 bits per heavy atom. The summed E-state index contributed by atoms with van der Waals surface area (Å²) in [5.74, 6) is -2.01. The van der Waals surface area contributed by atoms with Gasteiger partial charge in [-0.3, -0.25) is 0 Å². The zero-order chi connectivity index (χ0) is 15.6. The van der Waals surface area contributed by atoms with Crippen molar-refractivity contribution in [2.75, 3.05) is 13.2 Å². The molecule has 0 saturated carbocycles. The summed E-state index contributed by atoms with van der Waals surface area (Å²) in [5.41, 5.74) is 0.799. The molecule has 0 spiro atoms. The molecule has 7 heteroatoms. The van der Waals surface area contributed by atoms with Gasteiger partial charge in [0.2, 0.25) is 10.0 Å². The lowest BCUT2D eigenvalue weighted by molar-refractivity contribution is 0.198. The van der Waals surface area contributed by atoms with Gasteiger partial charge in [0.25, 0.3) is 0 Å². The zero-order valence-electron chi connectivity index (χ0n) is 11.6. The van der Waals surface area contributed by atoms with E-state index in [1.54, 1.807) is 6.92 Å². The Labute approximate surface area is 122 Å². The molecule has 0 radical (unpaired) electrons. The van der Waals surface area contributed by atoms with Crippen molar-refractivity contribution < 1.29 is 21.9 Å². The van der Waals surface area contributed by atoms with Crippen LogP contribution in [-0.4, -0.2) is 26.9 Å². The van der Waals surface area contributed by atoms with E-state index in [1.165, 1.54) is 6.07 Å². The summed E-state index contributed by atoms with van der Waals surface area (Å²) in [5, 5.41) is -0.635. The van der Waals surface area contributed by atoms with E-state index in [1.807, 2.05) is 0 Å². The van der Waals surface area contributed by atoms with E-state index in [4.69, 9.17) is 4.74 Å². The van der Waals surface area contributed by atoms with Gasteiger partial charge in [-0.25, -0.2) is 21.9 Å². The third-order valence-electron chi connectivity index (χ3n) is 3.38. The maximum atomic E-state index is 13.3. The van der Waals surface area contributed by atoms with Crippen LogP contribution in [0, 0.1) is 11.6 Å². The largest absolute Gasteiger partial charge is 0.380 e. The first-order valence-corrected chi connectivity index (χ1v) is 8.05. The number of nitrogens with one attached hydrogen (secondary N) is 1. The molecule has 1 heterocycles. The Hall–Kier alpha value is -1.31. The maximum absolute atomic E-state index is 13.3. The second-order valence-electron chi connectivity index (χ2n) is 5.10. The van der Waals surface area contributed by atoms with Gasteiger partial charge in [-0.1, -0.05) is 18.2 Å². The smallest absolute Gasteiger partial charge is 0.217 e. The van der Waals surface area contributed by atoms with Crippen LogP contribution in [0.2, 0.25) is 0 Å². The van der Waals surface area contributed by atoms with Crippen molar-refractivity contribution in [2.24, 2.45) is 0 Å². The summed E-state index contributed by atoms with van der Waals surface area (Å²) in [6.45, 7) is 5.88. The molecular weight excluding hydrogens is 300 g/mol. The number of hydrogen-bond donors (Lipinski definition) is 1.